The lowest BCUT2D eigenvalue weighted by molar-refractivity contribution is -0.154. The van der Waals surface area contributed by atoms with E-state index in [0.717, 1.165) is 24.8 Å². The van der Waals surface area contributed by atoms with Gasteiger partial charge in [-0.15, -0.1) is 5.92 Å². The largest absolute Gasteiger partial charge is 0.353 e. The zero-order valence-corrected chi connectivity index (χ0v) is 12.1. The summed E-state index contributed by atoms with van der Waals surface area (Å²) in [7, 11) is 0. The maximum absolute atomic E-state index is 5.53. The normalized spacial score (nSPS) is 19.7. The monoisotopic (exact) mass is 302 g/mol. The smallest absolute Gasteiger partial charge is 0.158 e. The van der Waals surface area contributed by atoms with Crippen LogP contribution >= 0.6 is 15.9 Å². The van der Waals surface area contributed by atoms with Crippen LogP contribution in [0.3, 0.4) is 0 Å². The predicted molar refractivity (Wildman–Crippen MR) is 74.2 cm³/mol. The summed E-state index contributed by atoms with van der Waals surface area (Å²) < 4.78 is 11.0. The summed E-state index contributed by atoms with van der Waals surface area (Å²) in [6, 6.07) is 0. The molecule has 2 nitrogen and oxygen atoms in total. The Morgan fingerprint density at radius 2 is 2.00 bits per heavy atom. The van der Waals surface area contributed by atoms with E-state index in [1.807, 2.05) is 0 Å². The van der Waals surface area contributed by atoms with Gasteiger partial charge in [-0.25, -0.2) is 0 Å². The lowest BCUT2D eigenvalue weighted by Gasteiger charge is -2.21. The fourth-order valence-corrected chi connectivity index (χ4v) is 2.17. The molecule has 1 atom stereocenters. The number of ether oxygens (including phenoxy) is 2. The van der Waals surface area contributed by atoms with E-state index in [2.05, 4.69) is 27.8 Å². The molecule has 98 valence electrons. The molecule has 0 N–H and O–H groups in total. The second kappa shape index (κ2) is 11.1. The van der Waals surface area contributed by atoms with Crippen molar-refractivity contribution in [1.29, 1.82) is 0 Å². The van der Waals surface area contributed by atoms with Gasteiger partial charge in [-0.1, -0.05) is 34.7 Å². The van der Waals surface area contributed by atoms with Crippen molar-refractivity contribution in [2.75, 3.05) is 18.5 Å². The van der Waals surface area contributed by atoms with Gasteiger partial charge in [0.15, 0.2) is 6.29 Å². The molecule has 0 aromatic carbocycles. The Kier molecular flexibility index (Phi) is 9.78. The maximum Gasteiger partial charge on any atom is 0.158 e. The van der Waals surface area contributed by atoms with Crippen LogP contribution in [0.15, 0.2) is 0 Å². The Labute approximate surface area is 114 Å². The average molecular weight is 303 g/mol. The molecule has 17 heavy (non-hydrogen) atoms. The molecule has 0 radical (unpaired) electrons. The van der Waals surface area contributed by atoms with Gasteiger partial charge in [0.1, 0.15) is 6.61 Å². The Morgan fingerprint density at radius 1 is 1.12 bits per heavy atom. The summed E-state index contributed by atoms with van der Waals surface area (Å²) in [5.41, 5.74) is 0. The number of hydrogen-bond acceptors (Lipinski definition) is 2. The minimum atomic E-state index is -0.00280. The van der Waals surface area contributed by atoms with E-state index in [9.17, 15) is 0 Å². The van der Waals surface area contributed by atoms with E-state index in [1.165, 1.54) is 38.5 Å². The summed E-state index contributed by atoms with van der Waals surface area (Å²) in [6.45, 7) is 1.36. The molecule has 0 aromatic heterocycles. The molecule has 0 saturated carbocycles. The highest BCUT2D eigenvalue weighted by Gasteiger charge is 2.12. The number of alkyl halides is 1. The van der Waals surface area contributed by atoms with Crippen molar-refractivity contribution in [3.05, 3.63) is 0 Å². The van der Waals surface area contributed by atoms with Gasteiger partial charge in [0.2, 0.25) is 0 Å². The highest BCUT2D eigenvalue weighted by molar-refractivity contribution is 9.09. The molecule has 0 aromatic rings. The third-order valence-electron chi connectivity index (χ3n) is 2.79. The van der Waals surface area contributed by atoms with E-state index < -0.39 is 0 Å². The molecule has 1 saturated heterocycles. The van der Waals surface area contributed by atoms with Gasteiger partial charge in [-0.3, -0.25) is 0 Å². The average Bonchev–Trinajstić information content (AvgIpc) is 2.38. The topological polar surface area (TPSA) is 18.5 Å². The molecular weight excluding hydrogens is 280 g/mol. The maximum atomic E-state index is 5.53. The highest BCUT2D eigenvalue weighted by atomic mass is 79.9. The first kappa shape index (κ1) is 15.0. The van der Waals surface area contributed by atoms with Crippen molar-refractivity contribution in [2.24, 2.45) is 0 Å². The number of unbranched alkanes of at least 4 members (excludes halogenated alkanes) is 4. The zero-order chi connectivity index (χ0) is 12.2. The van der Waals surface area contributed by atoms with Crippen molar-refractivity contribution in [3.8, 4) is 11.8 Å². The van der Waals surface area contributed by atoms with Crippen LogP contribution in [0.1, 0.15) is 51.4 Å². The van der Waals surface area contributed by atoms with Crippen molar-refractivity contribution >= 4 is 15.9 Å². The van der Waals surface area contributed by atoms with E-state index in [1.54, 1.807) is 0 Å². The van der Waals surface area contributed by atoms with Crippen LogP contribution in [0.5, 0.6) is 0 Å². The molecule has 0 amide bonds. The molecule has 0 spiro atoms. The van der Waals surface area contributed by atoms with Crippen LogP contribution in [0, 0.1) is 11.8 Å². The molecule has 1 fully saturated rings. The van der Waals surface area contributed by atoms with Crippen molar-refractivity contribution in [3.63, 3.8) is 0 Å². The van der Waals surface area contributed by atoms with Crippen molar-refractivity contribution in [1.82, 2.24) is 0 Å². The number of rotatable bonds is 7. The fraction of sp³-hybridized carbons (Fsp3) is 0.857. The van der Waals surface area contributed by atoms with Crippen LogP contribution in [0.4, 0.5) is 0 Å². The SMILES string of the molecule is BrCCCCCCC#CCOC1CCCCO1. The van der Waals surface area contributed by atoms with E-state index in [0.29, 0.717) is 6.61 Å². The molecule has 1 rings (SSSR count). The zero-order valence-electron chi connectivity index (χ0n) is 10.5. The van der Waals surface area contributed by atoms with E-state index in [-0.39, 0.29) is 6.29 Å². The molecule has 1 aliphatic heterocycles. The third kappa shape index (κ3) is 8.65. The Balaban J connectivity index is 1.88. The van der Waals surface area contributed by atoms with Gasteiger partial charge < -0.3 is 9.47 Å². The molecule has 1 unspecified atom stereocenters. The second-order valence-electron chi connectivity index (χ2n) is 4.31. The van der Waals surface area contributed by atoms with Crippen LogP contribution in [0.25, 0.3) is 0 Å². The van der Waals surface area contributed by atoms with Gasteiger partial charge in [0.25, 0.3) is 0 Å². The predicted octanol–water partition coefficient (Wildman–Crippen LogP) is 3.88. The summed E-state index contributed by atoms with van der Waals surface area (Å²) in [5, 5.41) is 1.12. The van der Waals surface area contributed by atoms with Gasteiger partial charge in [-0.2, -0.15) is 0 Å². The first-order valence-corrected chi connectivity index (χ1v) is 7.80. The second-order valence-corrected chi connectivity index (χ2v) is 5.11. The lowest BCUT2D eigenvalue weighted by atomic mass is 10.2. The van der Waals surface area contributed by atoms with Gasteiger partial charge in [0.05, 0.1) is 0 Å². The van der Waals surface area contributed by atoms with E-state index >= 15 is 0 Å². The number of hydrogen-bond donors (Lipinski definition) is 0. The Bertz CT molecular complexity index is 226. The molecule has 3 heteroatoms. The Morgan fingerprint density at radius 3 is 2.76 bits per heavy atom. The summed E-state index contributed by atoms with van der Waals surface area (Å²) in [5.74, 6) is 6.22. The fourth-order valence-electron chi connectivity index (χ4n) is 1.78. The summed E-state index contributed by atoms with van der Waals surface area (Å²) in [4.78, 5) is 0. The summed E-state index contributed by atoms with van der Waals surface area (Å²) in [6.07, 6.45) is 9.47. The number of halogens is 1. The lowest BCUT2D eigenvalue weighted by Crippen LogP contribution is -2.22. The van der Waals surface area contributed by atoms with Crippen LogP contribution in [-0.4, -0.2) is 24.8 Å². The molecule has 0 bridgehead atoms. The molecule has 0 aliphatic carbocycles. The molecular formula is C14H23BrO2. The van der Waals surface area contributed by atoms with Gasteiger partial charge in [0, 0.05) is 18.4 Å². The van der Waals surface area contributed by atoms with Crippen LogP contribution in [0.2, 0.25) is 0 Å². The third-order valence-corrected chi connectivity index (χ3v) is 3.35. The van der Waals surface area contributed by atoms with Gasteiger partial charge >= 0.3 is 0 Å². The highest BCUT2D eigenvalue weighted by Crippen LogP contribution is 2.13. The quantitative estimate of drug-likeness (QED) is 0.404. The summed E-state index contributed by atoms with van der Waals surface area (Å²) >= 11 is 3.43. The first-order valence-electron chi connectivity index (χ1n) is 6.68. The molecule has 1 heterocycles. The first-order chi connectivity index (χ1) is 8.43. The minimum absolute atomic E-state index is 0.00280. The standard InChI is InChI=1S/C14H23BrO2/c15-11-7-4-2-1-3-5-8-12-16-14-10-6-9-13-17-14/h14H,1-4,6-7,9-13H2. The van der Waals surface area contributed by atoms with Crippen molar-refractivity contribution in [2.45, 2.75) is 57.7 Å². The van der Waals surface area contributed by atoms with Gasteiger partial charge in [-0.05, 0) is 32.1 Å². The Hall–Kier alpha value is -0.0400. The van der Waals surface area contributed by atoms with Crippen LogP contribution < -0.4 is 0 Å². The van der Waals surface area contributed by atoms with Crippen LogP contribution in [-0.2, 0) is 9.47 Å². The van der Waals surface area contributed by atoms with Crippen molar-refractivity contribution < 1.29 is 9.47 Å². The molecule has 1 aliphatic rings. The van der Waals surface area contributed by atoms with E-state index in [4.69, 9.17) is 9.47 Å². The minimum Gasteiger partial charge on any atom is -0.353 e.